The van der Waals surface area contributed by atoms with Gasteiger partial charge in [-0.25, -0.2) is 4.98 Å². The van der Waals surface area contributed by atoms with Crippen molar-refractivity contribution in [2.24, 2.45) is 0 Å². The third-order valence-corrected chi connectivity index (χ3v) is 3.88. The maximum Gasteiger partial charge on any atom is 0.289 e. The fourth-order valence-electron chi connectivity index (χ4n) is 2.92. The van der Waals surface area contributed by atoms with Crippen molar-refractivity contribution in [1.82, 2.24) is 14.5 Å². The largest absolute Gasteiger partial charge is 0.459 e. The van der Waals surface area contributed by atoms with Gasteiger partial charge >= 0.3 is 0 Å². The fraction of sp³-hybridized carbons (Fsp3) is 0.467. The minimum atomic E-state index is -0.0476. The van der Waals surface area contributed by atoms with Crippen molar-refractivity contribution in [3.05, 3.63) is 41.9 Å². The summed E-state index contributed by atoms with van der Waals surface area (Å²) in [6, 6.07) is 3.68. The molecule has 1 amide bonds. The Labute approximate surface area is 123 Å². The number of imidazole rings is 1. The van der Waals surface area contributed by atoms with E-state index >= 15 is 0 Å². The first kappa shape index (κ1) is 13.9. The number of aryl methyl sites for hydroxylation is 1. The molecule has 112 valence electrons. The average molecular weight is 289 g/mol. The van der Waals surface area contributed by atoms with Crippen LogP contribution in [-0.2, 0) is 11.3 Å². The van der Waals surface area contributed by atoms with Crippen molar-refractivity contribution in [2.75, 3.05) is 20.2 Å². The maximum absolute atomic E-state index is 12.3. The molecule has 0 aromatic carbocycles. The molecule has 0 bridgehead atoms. The maximum atomic E-state index is 12.3. The molecule has 2 aromatic rings. The molecule has 1 unspecified atom stereocenters. The van der Waals surface area contributed by atoms with Crippen molar-refractivity contribution in [3.8, 4) is 0 Å². The molecular weight excluding hydrogens is 270 g/mol. The molecule has 21 heavy (non-hydrogen) atoms. The zero-order valence-electron chi connectivity index (χ0n) is 12.3. The summed E-state index contributed by atoms with van der Waals surface area (Å²) in [6.45, 7) is 3.92. The molecule has 1 saturated heterocycles. The van der Waals surface area contributed by atoms with Gasteiger partial charge in [0.15, 0.2) is 5.76 Å². The summed E-state index contributed by atoms with van der Waals surface area (Å²) in [5.74, 6) is 1.26. The van der Waals surface area contributed by atoms with Crippen molar-refractivity contribution >= 4 is 5.91 Å². The number of nitrogens with zero attached hydrogens (tertiary/aromatic N) is 3. The lowest BCUT2D eigenvalue weighted by Crippen LogP contribution is -2.29. The summed E-state index contributed by atoms with van der Waals surface area (Å²) in [5, 5.41) is 0. The number of furan rings is 1. The molecule has 6 nitrogen and oxygen atoms in total. The van der Waals surface area contributed by atoms with Gasteiger partial charge in [0.25, 0.3) is 5.91 Å². The lowest BCUT2D eigenvalue weighted by Gasteiger charge is -2.18. The van der Waals surface area contributed by atoms with Gasteiger partial charge < -0.3 is 18.6 Å². The van der Waals surface area contributed by atoms with E-state index in [9.17, 15) is 4.79 Å². The zero-order valence-corrected chi connectivity index (χ0v) is 12.3. The van der Waals surface area contributed by atoms with Crippen LogP contribution in [0.25, 0.3) is 0 Å². The standard InChI is InChI=1S/C15H19N3O3/c1-11-8-16-14(10-20-2)18(11)12-5-6-17(9-12)15(19)13-4-3-7-21-13/h3-4,7-8,12H,5-6,9-10H2,1-2H3. The van der Waals surface area contributed by atoms with Gasteiger partial charge in [-0.3, -0.25) is 4.79 Å². The van der Waals surface area contributed by atoms with Crippen molar-refractivity contribution in [1.29, 1.82) is 0 Å². The predicted octanol–water partition coefficient (Wildman–Crippen LogP) is 2.02. The number of hydrogen-bond donors (Lipinski definition) is 0. The van der Waals surface area contributed by atoms with Crippen LogP contribution in [0, 0.1) is 6.92 Å². The van der Waals surface area contributed by atoms with E-state index in [1.54, 1.807) is 19.2 Å². The number of aromatic nitrogens is 2. The number of carbonyl (C=O) groups excluding carboxylic acids is 1. The number of ether oxygens (including phenoxy) is 1. The van der Waals surface area contributed by atoms with Crippen LogP contribution in [0.4, 0.5) is 0 Å². The first-order valence-corrected chi connectivity index (χ1v) is 7.05. The van der Waals surface area contributed by atoms with Crippen molar-refractivity contribution in [2.45, 2.75) is 26.0 Å². The Kier molecular flexibility index (Phi) is 3.79. The van der Waals surface area contributed by atoms with Gasteiger partial charge in [0.05, 0.1) is 12.3 Å². The van der Waals surface area contributed by atoms with Gasteiger partial charge in [0, 0.05) is 32.1 Å². The van der Waals surface area contributed by atoms with Crippen LogP contribution >= 0.6 is 0 Å². The van der Waals surface area contributed by atoms with Crippen LogP contribution in [0.3, 0.4) is 0 Å². The summed E-state index contributed by atoms with van der Waals surface area (Å²) >= 11 is 0. The Bertz CT molecular complexity index is 618. The minimum Gasteiger partial charge on any atom is -0.459 e. The smallest absolute Gasteiger partial charge is 0.289 e. The molecule has 0 spiro atoms. The Hall–Kier alpha value is -2.08. The van der Waals surface area contributed by atoms with E-state index in [-0.39, 0.29) is 11.9 Å². The highest BCUT2D eigenvalue weighted by molar-refractivity contribution is 5.91. The second-order valence-corrected chi connectivity index (χ2v) is 5.29. The van der Waals surface area contributed by atoms with Gasteiger partial charge in [-0.15, -0.1) is 0 Å². The first-order valence-electron chi connectivity index (χ1n) is 7.05. The van der Waals surface area contributed by atoms with Gasteiger partial charge in [0.2, 0.25) is 0 Å². The van der Waals surface area contributed by atoms with Crippen LogP contribution in [0.1, 0.15) is 34.5 Å². The van der Waals surface area contributed by atoms with Gasteiger partial charge in [-0.05, 0) is 25.5 Å². The van der Waals surface area contributed by atoms with E-state index in [1.165, 1.54) is 6.26 Å². The van der Waals surface area contributed by atoms with E-state index in [4.69, 9.17) is 9.15 Å². The molecule has 3 rings (SSSR count). The molecule has 1 fully saturated rings. The molecule has 0 aliphatic carbocycles. The van der Waals surface area contributed by atoms with Crippen LogP contribution in [0.5, 0.6) is 0 Å². The summed E-state index contributed by atoms with van der Waals surface area (Å²) in [7, 11) is 1.66. The molecular formula is C15H19N3O3. The van der Waals surface area contributed by atoms with Gasteiger partial charge in [0.1, 0.15) is 12.4 Å². The highest BCUT2D eigenvalue weighted by Crippen LogP contribution is 2.26. The molecule has 2 aromatic heterocycles. The second-order valence-electron chi connectivity index (χ2n) is 5.29. The summed E-state index contributed by atoms with van der Waals surface area (Å²) in [4.78, 5) is 18.5. The fourth-order valence-corrected chi connectivity index (χ4v) is 2.92. The Morgan fingerprint density at radius 1 is 1.57 bits per heavy atom. The van der Waals surface area contributed by atoms with E-state index in [0.717, 1.165) is 24.5 Å². The van der Waals surface area contributed by atoms with Gasteiger partial charge in [-0.1, -0.05) is 0 Å². The topological polar surface area (TPSA) is 60.5 Å². The number of likely N-dealkylation sites (tertiary alicyclic amines) is 1. The molecule has 6 heteroatoms. The Morgan fingerprint density at radius 2 is 2.43 bits per heavy atom. The van der Waals surface area contributed by atoms with Crippen molar-refractivity contribution in [3.63, 3.8) is 0 Å². The lowest BCUT2D eigenvalue weighted by molar-refractivity contribution is 0.0755. The summed E-state index contributed by atoms with van der Waals surface area (Å²) < 4.78 is 12.6. The third kappa shape index (κ3) is 2.58. The Balaban J connectivity index is 1.75. The van der Waals surface area contributed by atoms with Crippen molar-refractivity contribution < 1.29 is 13.9 Å². The van der Waals surface area contributed by atoms with Crippen LogP contribution in [0.2, 0.25) is 0 Å². The predicted molar refractivity (Wildman–Crippen MR) is 75.9 cm³/mol. The second kappa shape index (κ2) is 5.73. The first-order chi connectivity index (χ1) is 10.2. The summed E-state index contributed by atoms with van der Waals surface area (Å²) in [6.07, 6.45) is 4.29. The number of methoxy groups -OCH3 is 1. The number of hydrogen-bond acceptors (Lipinski definition) is 4. The van der Waals surface area contributed by atoms with E-state index < -0.39 is 0 Å². The molecule has 3 heterocycles. The monoisotopic (exact) mass is 289 g/mol. The van der Waals surface area contributed by atoms with Crippen LogP contribution in [-0.4, -0.2) is 40.6 Å². The molecule has 0 saturated carbocycles. The molecule has 0 N–H and O–H groups in total. The minimum absolute atomic E-state index is 0.0476. The van der Waals surface area contributed by atoms with Crippen LogP contribution < -0.4 is 0 Å². The van der Waals surface area contributed by atoms with Crippen LogP contribution in [0.15, 0.2) is 29.0 Å². The van der Waals surface area contributed by atoms with E-state index in [2.05, 4.69) is 9.55 Å². The zero-order chi connectivity index (χ0) is 14.8. The molecule has 1 aliphatic heterocycles. The highest BCUT2D eigenvalue weighted by atomic mass is 16.5. The third-order valence-electron chi connectivity index (χ3n) is 3.88. The van der Waals surface area contributed by atoms with Gasteiger partial charge in [-0.2, -0.15) is 0 Å². The number of rotatable bonds is 4. The highest BCUT2D eigenvalue weighted by Gasteiger charge is 2.30. The molecule has 1 atom stereocenters. The number of carbonyl (C=O) groups is 1. The SMILES string of the molecule is COCc1ncc(C)n1C1CCN(C(=O)c2ccco2)C1. The average Bonchev–Trinajstić information content (AvgIpc) is 3.19. The van der Waals surface area contributed by atoms with E-state index in [1.807, 2.05) is 18.0 Å². The Morgan fingerprint density at radius 3 is 3.14 bits per heavy atom. The lowest BCUT2D eigenvalue weighted by atomic mass is 10.2. The quantitative estimate of drug-likeness (QED) is 0.864. The normalized spacial score (nSPS) is 18.4. The molecule has 0 radical (unpaired) electrons. The van der Waals surface area contributed by atoms with E-state index in [0.29, 0.717) is 18.9 Å². The number of amides is 1. The molecule has 1 aliphatic rings. The summed E-state index contributed by atoms with van der Waals surface area (Å²) in [5.41, 5.74) is 1.10.